The molecule has 0 unspecified atom stereocenters. The first-order valence-electron chi connectivity index (χ1n) is 9.77. The van der Waals surface area contributed by atoms with E-state index < -0.39 is 10.0 Å². The van der Waals surface area contributed by atoms with Gasteiger partial charge in [0.15, 0.2) is 5.16 Å². The molecule has 0 aliphatic heterocycles. The summed E-state index contributed by atoms with van der Waals surface area (Å²) in [6.45, 7) is 3.84. The van der Waals surface area contributed by atoms with Gasteiger partial charge in [-0.25, -0.2) is 22.8 Å². The summed E-state index contributed by atoms with van der Waals surface area (Å²) in [7, 11) is -3.79. The van der Waals surface area contributed by atoms with Crippen molar-refractivity contribution in [2.45, 2.75) is 28.8 Å². The molecule has 162 valence electrons. The van der Waals surface area contributed by atoms with Gasteiger partial charge in [0.2, 0.25) is 0 Å². The maximum absolute atomic E-state index is 13.2. The fourth-order valence-corrected chi connectivity index (χ4v) is 5.10. The van der Waals surface area contributed by atoms with Crippen molar-refractivity contribution in [3.05, 3.63) is 96.1 Å². The highest BCUT2D eigenvalue weighted by Gasteiger charge is 2.15. The lowest BCUT2D eigenvalue weighted by Gasteiger charge is -2.10. The number of aromatic nitrogens is 2. The van der Waals surface area contributed by atoms with Gasteiger partial charge in [-0.05, 0) is 91.3 Å². The largest absolute Gasteiger partial charge is 0.280 e. The third-order valence-corrected chi connectivity index (χ3v) is 6.85. The SMILES string of the molecule is Cc1cc(C)nc(Sc2ccc(NS(=O)(=O)c3cccc(-c4ccc(F)cc4)c3)cc2)n1. The molecule has 0 bridgehead atoms. The first-order valence-corrected chi connectivity index (χ1v) is 12.1. The van der Waals surface area contributed by atoms with E-state index in [1.165, 1.54) is 30.0 Å². The van der Waals surface area contributed by atoms with Crippen LogP contribution in [0.4, 0.5) is 10.1 Å². The quantitative estimate of drug-likeness (QED) is 0.362. The van der Waals surface area contributed by atoms with Crippen LogP contribution in [0.5, 0.6) is 0 Å². The van der Waals surface area contributed by atoms with Gasteiger partial charge in [-0.1, -0.05) is 24.3 Å². The van der Waals surface area contributed by atoms with Gasteiger partial charge in [-0.15, -0.1) is 0 Å². The lowest BCUT2D eigenvalue weighted by Crippen LogP contribution is -2.12. The zero-order valence-corrected chi connectivity index (χ0v) is 19.0. The summed E-state index contributed by atoms with van der Waals surface area (Å²) >= 11 is 1.41. The predicted molar refractivity (Wildman–Crippen MR) is 125 cm³/mol. The summed E-state index contributed by atoms with van der Waals surface area (Å²) < 4.78 is 41.6. The molecule has 0 saturated heterocycles. The zero-order chi connectivity index (χ0) is 22.7. The zero-order valence-electron chi connectivity index (χ0n) is 17.4. The van der Waals surface area contributed by atoms with Crippen molar-refractivity contribution in [1.82, 2.24) is 9.97 Å². The number of hydrogen-bond donors (Lipinski definition) is 1. The first-order chi connectivity index (χ1) is 15.3. The molecule has 0 aliphatic rings. The Morgan fingerprint density at radius 1 is 0.812 bits per heavy atom. The average Bonchev–Trinajstić information content (AvgIpc) is 2.75. The van der Waals surface area contributed by atoms with Crippen LogP contribution < -0.4 is 4.72 Å². The van der Waals surface area contributed by atoms with E-state index in [9.17, 15) is 12.8 Å². The summed E-state index contributed by atoms with van der Waals surface area (Å²) in [4.78, 5) is 9.84. The number of nitrogens with one attached hydrogen (secondary N) is 1. The number of halogens is 1. The number of anilines is 1. The third-order valence-electron chi connectivity index (χ3n) is 4.60. The van der Waals surface area contributed by atoms with Crippen molar-refractivity contribution in [2.24, 2.45) is 0 Å². The molecule has 8 heteroatoms. The lowest BCUT2D eigenvalue weighted by atomic mass is 10.1. The topological polar surface area (TPSA) is 72.0 Å². The van der Waals surface area contributed by atoms with Gasteiger partial charge in [0.05, 0.1) is 4.90 Å². The Balaban J connectivity index is 1.51. The van der Waals surface area contributed by atoms with Crippen LogP contribution in [0.25, 0.3) is 11.1 Å². The number of aryl methyl sites for hydroxylation is 2. The lowest BCUT2D eigenvalue weighted by molar-refractivity contribution is 0.601. The molecule has 0 saturated carbocycles. The van der Waals surface area contributed by atoms with Crippen LogP contribution in [0.2, 0.25) is 0 Å². The summed E-state index contributed by atoms with van der Waals surface area (Å²) in [6, 6.07) is 21.4. The van der Waals surface area contributed by atoms with Crippen LogP contribution >= 0.6 is 11.8 Å². The average molecular weight is 466 g/mol. The second-order valence-electron chi connectivity index (χ2n) is 7.20. The minimum atomic E-state index is -3.79. The number of benzene rings is 3. The van der Waals surface area contributed by atoms with Crippen molar-refractivity contribution >= 4 is 27.5 Å². The van der Waals surface area contributed by atoms with E-state index in [0.717, 1.165) is 21.8 Å². The summed E-state index contributed by atoms with van der Waals surface area (Å²) in [5, 5.41) is 0.647. The van der Waals surface area contributed by atoms with Crippen LogP contribution in [0.3, 0.4) is 0 Å². The Labute approximate surface area is 190 Å². The summed E-state index contributed by atoms with van der Waals surface area (Å²) in [5.41, 5.74) is 3.66. The van der Waals surface area contributed by atoms with E-state index in [4.69, 9.17) is 0 Å². The van der Waals surface area contributed by atoms with Crippen molar-refractivity contribution in [2.75, 3.05) is 4.72 Å². The van der Waals surface area contributed by atoms with Crippen molar-refractivity contribution in [3.63, 3.8) is 0 Å². The van der Waals surface area contributed by atoms with Crippen LogP contribution in [-0.2, 0) is 10.0 Å². The molecule has 0 aliphatic carbocycles. The number of hydrogen-bond acceptors (Lipinski definition) is 5. The molecular weight excluding hydrogens is 445 g/mol. The molecule has 0 fully saturated rings. The van der Waals surface area contributed by atoms with Crippen LogP contribution in [-0.4, -0.2) is 18.4 Å². The Bertz CT molecular complexity index is 1340. The van der Waals surface area contributed by atoms with Gasteiger partial charge < -0.3 is 0 Å². The molecule has 0 radical (unpaired) electrons. The molecule has 32 heavy (non-hydrogen) atoms. The van der Waals surface area contributed by atoms with Crippen molar-refractivity contribution < 1.29 is 12.8 Å². The molecule has 4 rings (SSSR count). The smallest absolute Gasteiger partial charge is 0.261 e. The predicted octanol–water partition coefficient (Wildman–Crippen LogP) is 5.85. The van der Waals surface area contributed by atoms with E-state index in [2.05, 4.69) is 14.7 Å². The van der Waals surface area contributed by atoms with Gasteiger partial charge in [0, 0.05) is 22.0 Å². The van der Waals surface area contributed by atoms with E-state index >= 15 is 0 Å². The Hall–Kier alpha value is -3.23. The second kappa shape index (κ2) is 9.10. The highest BCUT2D eigenvalue weighted by molar-refractivity contribution is 7.99. The fraction of sp³-hybridized carbons (Fsp3) is 0.0833. The molecule has 5 nitrogen and oxygen atoms in total. The Morgan fingerprint density at radius 2 is 1.47 bits per heavy atom. The first kappa shape index (κ1) is 22.0. The molecular formula is C24H20FN3O2S2. The Morgan fingerprint density at radius 3 is 2.12 bits per heavy atom. The van der Waals surface area contributed by atoms with E-state index in [0.29, 0.717) is 16.4 Å². The van der Waals surface area contributed by atoms with Gasteiger partial charge >= 0.3 is 0 Å². The molecule has 1 aromatic heterocycles. The minimum absolute atomic E-state index is 0.126. The molecule has 3 aromatic carbocycles. The molecule has 0 amide bonds. The highest BCUT2D eigenvalue weighted by atomic mass is 32.2. The number of rotatable bonds is 6. The van der Waals surface area contributed by atoms with Crippen molar-refractivity contribution in [1.29, 1.82) is 0 Å². The molecule has 1 N–H and O–H groups in total. The molecule has 1 heterocycles. The molecule has 0 spiro atoms. The van der Waals surface area contributed by atoms with Gasteiger partial charge in [-0.2, -0.15) is 0 Å². The maximum Gasteiger partial charge on any atom is 0.261 e. The van der Waals surface area contributed by atoms with Gasteiger partial charge in [0.25, 0.3) is 10.0 Å². The Kier molecular flexibility index (Phi) is 6.25. The van der Waals surface area contributed by atoms with Gasteiger partial charge in [-0.3, -0.25) is 4.72 Å². The van der Waals surface area contributed by atoms with E-state index in [-0.39, 0.29) is 10.7 Å². The second-order valence-corrected chi connectivity index (χ2v) is 9.92. The monoisotopic (exact) mass is 465 g/mol. The van der Waals surface area contributed by atoms with E-state index in [1.807, 2.05) is 32.0 Å². The van der Waals surface area contributed by atoms with Crippen LogP contribution in [0.15, 0.2) is 93.8 Å². The molecule has 4 aromatic rings. The third kappa shape index (κ3) is 5.33. The van der Waals surface area contributed by atoms with Crippen LogP contribution in [0, 0.1) is 19.7 Å². The standard InChI is InChI=1S/C24H20FN3O2S2/c1-16-14-17(2)27-24(26-16)31-22-12-10-21(11-13-22)28-32(29,30)23-5-3-4-19(15-23)18-6-8-20(25)9-7-18/h3-15,28H,1-2H3. The van der Waals surface area contributed by atoms with Crippen molar-refractivity contribution in [3.8, 4) is 11.1 Å². The van der Waals surface area contributed by atoms with Crippen LogP contribution in [0.1, 0.15) is 11.4 Å². The normalized spacial score (nSPS) is 11.3. The number of sulfonamides is 1. The molecule has 0 atom stereocenters. The fourth-order valence-electron chi connectivity index (χ4n) is 3.13. The number of nitrogens with zero attached hydrogens (tertiary/aromatic N) is 2. The highest BCUT2D eigenvalue weighted by Crippen LogP contribution is 2.28. The van der Waals surface area contributed by atoms with E-state index in [1.54, 1.807) is 42.5 Å². The maximum atomic E-state index is 13.2. The summed E-state index contributed by atoms with van der Waals surface area (Å²) in [5.74, 6) is -0.343. The van der Waals surface area contributed by atoms with Gasteiger partial charge in [0.1, 0.15) is 5.82 Å². The minimum Gasteiger partial charge on any atom is -0.280 e. The summed E-state index contributed by atoms with van der Waals surface area (Å²) in [6.07, 6.45) is 0.